The Labute approximate surface area is 172 Å². The molecular formula is C22H19FN4O3. The van der Waals surface area contributed by atoms with Gasteiger partial charge in [0.05, 0.1) is 18.2 Å². The summed E-state index contributed by atoms with van der Waals surface area (Å²) in [6, 6.07) is 16.7. The zero-order valence-electron chi connectivity index (χ0n) is 16.3. The molecule has 0 N–H and O–H groups in total. The fraction of sp³-hybridized carbons (Fsp3) is 0.182. The standard InChI is InChI=1S/C22H19FN4O3/c1-26(13-5-12-24)20(28)15-30-22(29)19-14-27(18-6-3-2-4-7-18)25-21(19)16-8-10-17(23)11-9-16/h2-4,6-11,14H,5,13,15H2,1H3. The van der Waals surface area contributed by atoms with Crippen molar-refractivity contribution in [3.05, 3.63) is 72.2 Å². The molecule has 1 heterocycles. The highest BCUT2D eigenvalue weighted by molar-refractivity contribution is 5.97. The monoisotopic (exact) mass is 406 g/mol. The lowest BCUT2D eigenvalue weighted by Gasteiger charge is -2.15. The molecule has 0 aliphatic carbocycles. The summed E-state index contributed by atoms with van der Waals surface area (Å²) in [5, 5.41) is 13.1. The molecule has 2 aromatic carbocycles. The van der Waals surface area contributed by atoms with Crippen LogP contribution in [0.15, 0.2) is 60.8 Å². The number of amides is 1. The van der Waals surface area contributed by atoms with E-state index in [0.29, 0.717) is 11.3 Å². The molecule has 0 radical (unpaired) electrons. The summed E-state index contributed by atoms with van der Waals surface area (Å²) in [5.74, 6) is -1.55. The molecule has 0 aliphatic heterocycles. The number of nitrogens with zero attached hydrogens (tertiary/aromatic N) is 4. The molecule has 1 amide bonds. The number of para-hydroxylation sites is 1. The van der Waals surface area contributed by atoms with Gasteiger partial charge in [0, 0.05) is 25.4 Å². The van der Waals surface area contributed by atoms with E-state index in [0.717, 1.165) is 5.69 Å². The first-order valence-electron chi connectivity index (χ1n) is 9.18. The van der Waals surface area contributed by atoms with Crippen LogP contribution in [0.5, 0.6) is 0 Å². The van der Waals surface area contributed by atoms with Gasteiger partial charge in [-0.1, -0.05) is 18.2 Å². The van der Waals surface area contributed by atoms with Gasteiger partial charge in [-0.3, -0.25) is 4.79 Å². The van der Waals surface area contributed by atoms with Crippen LogP contribution < -0.4 is 0 Å². The Kier molecular flexibility index (Phi) is 6.55. The molecule has 0 aliphatic rings. The molecule has 152 valence electrons. The second-order valence-corrected chi connectivity index (χ2v) is 6.48. The maximum Gasteiger partial charge on any atom is 0.342 e. The molecule has 0 fully saturated rings. The molecule has 0 unspecified atom stereocenters. The predicted molar refractivity (Wildman–Crippen MR) is 107 cm³/mol. The van der Waals surface area contributed by atoms with E-state index in [1.807, 2.05) is 36.4 Å². The van der Waals surface area contributed by atoms with Gasteiger partial charge in [0.2, 0.25) is 0 Å². The molecule has 0 spiro atoms. The molecule has 1 aromatic heterocycles. The van der Waals surface area contributed by atoms with Gasteiger partial charge in [-0.15, -0.1) is 0 Å². The van der Waals surface area contributed by atoms with Crippen LogP contribution in [0.1, 0.15) is 16.8 Å². The van der Waals surface area contributed by atoms with E-state index in [2.05, 4.69) is 5.10 Å². The van der Waals surface area contributed by atoms with Crippen LogP contribution in [0.2, 0.25) is 0 Å². The maximum atomic E-state index is 13.3. The van der Waals surface area contributed by atoms with Crippen molar-refractivity contribution in [2.45, 2.75) is 6.42 Å². The largest absolute Gasteiger partial charge is 0.452 e. The minimum atomic E-state index is -0.724. The summed E-state index contributed by atoms with van der Waals surface area (Å²) < 4.78 is 20.0. The molecule has 3 rings (SSSR count). The van der Waals surface area contributed by atoms with Gasteiger partial charge in [0.15, 0.2) is 6.61 Å². The third kappa shape index (κ3) is 4.89. The Morgan fingerprint density at radius 1 is 1.17 bits per heavy atom. The Bertz CT molecular complexity index is 1070. The maximum absolute atomic E-state index is 13.3. The van der Waals surface area contributed by atoms with Crippen molar-refractivity contribution < 1.29 is 18.7 Å². The number of benzene rings is 2. The van der Waals surface area contributed by atoms with Gasteiger partial charge in [0.25, 0.3) is 5.91 Å². The third-order valence-electron chi connectivity index (χ3n) is 4.38. The van der Waals surface area contributed by atoms with E-state index in [9.17, 15) is 14.0 Å². The highest BCUT2D eigenvalue weighted by Crippen LogP contribution is 2.25. The lowest BCUT2D eigenvalue weighted by atomic mass is 10.1. The van der Waals surface area contributed by atoms with Gasteiger partial charge < -0.3 is 9.64 Å². The number of hydrogen-bond donors (Lipinski definition) is 0. The van der Waals surface area contributed by atoms with Crippen LogP contribution in [0.3, 0.4) is 0 Å². The number of carbonyl (C=O) groups excluding carboxylic acids is 2. The Hall–Kier alpha value is -3.99. The summed E-state index contributed by atoms with van der Waals surface area (Å²) >= 11 is 0. The molecule has 3 aromatic rings. The van der Waals surface area contributed by atoms with E-state index in [1.165, 1.54) is 47.1 Å². The van der Waals surface area contributed by atoms with Gasteiger partial charge in [-0.2, -0.15) is 10.4 Å². The average Bonchev–Trinajstić information content (AvgIpc) is 3.22. The lowest BCUT2D eigenvalue weighted by Crippen LogP contribution is -2.31. The van der Waals surface area contributed by atoms with Crippen LogP contribution in [-0.2, 0) is 9.53 Å². The summed E-state index contributed by atoms with van der Waals surface area (Å²) in [6.07, 6.45) is 1.70. The van der Waals surface area contributed by atoms with Crippen molar-refractivity contribution in [3.8, 4) is 23.0 Å². The van der Waals surface area contributed by atoms with E-state index in [4.69, 9.17) is 10.00 Å². The number of hydrogen-bond acceptors (Lipinski definition) is 5. The van der Waals surface area contributed by atoms with Crippen LogP contribution in [0, 0.1) is 17.1 Å². The number of halogens is 1. The second-order valence-electron chi connectivity index (χ2n) is 6.48. The second kappa shape index (κ2) is 9.47. The van der Waals surface area contributed by atoms with Crippen molar-refractivity contribution in [1.29, 1.82) is 5.26 Å². The summed E-state index contributed by atoms with van der Waals surface area (Å²) in [5.41, 5.74) is 1.73. The average molecular weight is 406 g/mol. The van der Waals surface area contributed by atoms with Crippen molar-refractivity contribution in [1.82, 2.24) is 14.7 Å². The van der Waals surface area contributed by atoms with Crippen molar-refractivity contribution in [2.75, 3.05) is 20.2 Å². The Morgan fingerprint density at radius 2 is 1.87 bits per heavy atom. The minimum absolute atomic E-state index is 0.151. The fourth-order valence-corrected chi connectivity index (χ4v) is 2.71. The van der Waals surface area contributed by atoms with E-state index >= 15 is 0 Å². The van der Waals surface area contributed by atoms with Gasteiger partial charge in [0.1, 0.15) is 17.1 Å². The van der Waals surface area contributed by atoms with E-state index in [1.54, 1.807) is 0 Å². The quantitative estimate of drug-likeness (QED) is 0.562. The summed E-state index contributed by atoms with van der Waals surface area (Å²) in [6.45, 7) is -0.209. The number of ether oxygens (including phenoxy) is 1. The lowest BCUT2D eigenvalue weighted by molar-refractivity contribution is -0.133. The minimum Gasteiger partial charge on any atom is -0.452 e. The molecule has 7 nitrogen and oxygen atoms in total. The fourth-order valence-electron chi connectivity index (χ4n) is 2.71. The number of carbonyl (C=O) groups is 2. The molecular weight excluding hydrogens is 387 g/mol. The van der Waals surface area contributed by atoms with E-state index < -0.39 is 24.3 Å². The summed E-state index contributed by atoms with van der Waals surface area (Å²) in [7, 11) is 1.53. The Balaban J connectivity index is 1.86. The first-order chi connectivity index (χ1) is 14.5. The summed E-state index contributed by atoms with van der Waals surface area (Å²) in [4.78, 5) is 26.1. The first-order valence-corrected chi connectivity index (χ1v) is 9.18. The Morgan fingerprint density at radius 3 is 2.53 bits per heavy atom. The normalized spacial score (nSPS) is 10.3. The van der Waals surface area contributed by atoms with E-state index in [-0.39, 0.29) is 18.5 Å². The third-order valence-corrected chi connectivity index (χ3v) is 4.38. The highest BCUT2D eigenvalue weighted by Gasteiger charge is 2.21. The van der Waals surface area contributed by atoms with Gasteiger partial charge >= 0.3 is 5.97 Å². The van der Waals surface area contributed by atoms with Gasteiger partial charge in [-0.25, -0.2) is 13.9 Å². The molecule has 0 saturated carbocycles. The zero-order chi connectivity index (χ0) is 21.5. The number of rotatable bonds is 7. The molecule has 0 bridgehead atoms. The molecule has 0 atom stereocenters. The number of esters is 1. The highest BCUT2D eigenvalue weighted by atomic mass is 19.1. The topological polar surface area (TPSA) is 88.2 Å². The number of nitriles is 1. The smallest absolute Gasteiger partial charge is 0.342 e. The predicted octanol–water partition coefficient (Wildman–Crippen LogP) is 3.21. The SMILES string of the molecule is CN(CCC#N)C(=O)COC(=O)c1cn(-c2ccccc2)nc1-c1ccc(F)cc1. The zero-order valence-corrected chi connectivity index (χ0v) is 16.3. The van der Waals surface area contributed by atoms with Crippen molar-refractivity contribution >= 4 is 11.9 Å². The van der Waals surface area contributed by atoms with Crippen LogP contribution >= 0.6 is 0 Å². The van der Waals surface area contributed by atoms with Crippen LogP contribution in [0.4, 0.5) is 4.39 Å². The number of aromatic nitrogens is 2. The first kappa shape index (κ1) is 20.7. The van der Waals surface area contributed by atoms with Crippen LogP contribution in [-0.4, -0.2) is 46.8 Å². The van der Waals surface area contributed by atoms with Crippen LogP contribution in [0.25, 0.3) is 16.9 Å². The molecule has 0 saturated heterocycles. The van der Waals surface area contributed by atoms with Crippen molar-refractivity contribution in [2.24, 2.45) is 0 Å². The molecule has 8 heteroatoms. The number of likely N-dealkylation sites (N-methyl/N-ethyl adjacent to an activating group) is 1. The van der Waals surface area contributed by atoms with Crippen molar-refractivity contribution in [3.63, 3.8) is 0 Å². The van der Waals surface area contributed by atoms with Gasteiger partial charge in [-0.05, 0) is 36.4 Å². The molecule has 30 heavy (non-hydrogen) atoms.